The van der Waals surface area contributed by atoms with E-state index in [1.165, 1.54) is 35.2 Å². The molecule has 0 aliphatic heterocycles. The quantitative estimate of drug-likeness (QED) is 0.463. The molecular formula is C27H35F2N3O4S. The van der Waals surface area contributed by atoms with Gasteiger partial charge in [0, 0.05) is 31.1 Å². The molecule has 202 valence electrons. The minimum absolute atomic E-state index is 0.00754. The van der Waals surface area contributed by atoms with Crippen LogP contribution in [0.1, 0.15) is 57.4 Å². The van der Waals surface area contributed by atoms with Gasteiger partial charge in [-0.1, -0.05) is 37.5 Å². The maximum absolute atomic E-state index is 14.4. The highest BCUT2D eigenvalue weighted by molar-refractivity contribution is 7.92. The van der Waals surface area contributed by atoms with Gasteiger partial charge in [0.05, 0.1) is 11.9 Å². The van der Waals surface area contributed by atoms with Gasteiger partial charge in [0.25, 0.3) is 0 Å². The second-order valence-corrected chi connectivity index (χ2v) is 11.5. The summed E-state index contributed by atoms with van der Waals surface area (Å²) in [7, 11) is -3.68. The molecule has 1 saturated carbocycles. The molecule has 10 heteroatoms. The SMILES string of the molecule is C[C@@H](C(=O)NC1CCCCC1)N(Cc1ccccc1F)C(=O)CCCN(c1ccc(F)cc1)S(C)(=O)=O. The van der Waals surface area contributed by atoms with Crippen LogP contribution < -0.4 is 9.62 Å². The van der Waals surface area contributed by atoms with E-state index < -0.39 is 27.7 Å². The van der Waals surface area contributed by atoms with Crippen molar-refractivity contribution in [3.63, 3.8) is 0 Å². The van der Waals surface area contributed by atoms with E-state index >= 15 is 0 Å². The van der Waals surface area contributed by atoms with Crippen molar-refractivity contribution in [1.82, 2.24) is 10.2 Å². The average molecular weight is 536 g/mol. The van der Waals surface area contributed by atoms with Crippen LogP contribution in [0, 0.1) is 11.6 Å². The molecular weight excluding hydrogens is 500 g/mol. The Labute approximate surface area is 217 Å². The highest BCUT2D eigenvalue weighted by Gasteiger charge is 2.29. The number of benzene rings is 2. The van der Waals surface area contributed by atoms with Crippen LogP contribution in [0.25, 0.3) is 0 Å². The standard InChI is InChI=1S/C27H35F2N3O4S/c1-20(27(34)30-23-10-4-3-5-11-23)31(19-21-9-6-7-12-25(21)29)26(33)13-8-18-32(37(2,35)36)24-16-14-22(28)15-17-24/h6-7,9,12,14-17,20,23H,3-5,8,10-11,13,18-19H2,1-2H3,(H,30,34)/t20-/m0/s1. The number of amides is 2. The molecule has 1 aliphatic rings. The van der Waals surface area contributed by atoms with Gasteiger partial charge >= 0.3 is 0 Å². The zero-order valence-electron chi connectivity index (χ0n) is 21.3. The fraction of sp³-hybridized carbons (Fsp3) is 0.481. The van der Waals surface area contributed by atoms with Crippen molar-refractivity contribution in [2.45, 2.75) is 70.5 Å². The number of sulfonamides is 1. The van der Waals surface area contributed by atoms with Crippen LogP contribution in [0.4, 0.5) is 14.5 Å². The fourth-order valence-electron chi connectivity index (χ4n) is 4.57. The van der Waals surface area contributed by atoms with E-state index in [1.54, 1.807) is 25.1 Å². The lowest BCUT2D eigenvalue weighted by Crippen LogP contribution is -2.50. The molecule has 0 spiro atoms. The van der Waals surface area contributed by atoms with E-state index in [-0.39, 0.29) is 49.4 Å². The van der Waals surface area contributed by atoms with E-state index in [0.29, 0.717) is 5.69 Å². The van der Waals surface area contributed by atoms with Gasteiger partial charge in [-0.05, 0) is 56.5 Å². The molecule has 0 heterocycles. The topological polar surface area (TPSA) is 86.8 Å². The number of nitrogens with zero attached hydrogens (tertiary/aromatic N) is 2. The van der Waals surface area contributed by atoms with Crippen LogP contribution in [0.2, 0.25) is 0 Å². The van der Waals surface area contributed by atoms with Gasteiger partial charge in [0.15, 0.2) is 0 Å². The Bertz CT molecular complexity index is 1170. The normalized spacial score (nSPS) is 15.1. The van der Waals surface area contributed by atoms with Crippen LogP contribution >= 0.6 is 0 Å². The number of halogens is 2. The van der Waals surface area contributed by atoms with Gasteiger partial charge in [-0.15, -0.1) is 0 Å². The molecule has 0 aromatic heterocycles. The van der Waals surface area contributed by atoms with E-state index in [1.807, 2.05) is 0 Å². The van der Waals surface area contributed by atoms with E-state index in [2.05, 4.69) is 5.32 Å². The van der Waals surface area contributed by atoms with Crippen molar-refractivity contribution in [2.75, 3.05) is 17.1 Å². The molecule has 2 aromatic rings. The lowest BCUT2D eigenvalue weighted by Gasteiger charge is -2.31. The zero-order chi connectivity index (χ0) is 27.0. The summed E-state index contributed by atoms with van der Waals surface area (Å²) in [5.41, 5.74) is 0.581. The number of hydrogen-bond donors (Lipinski definition) is 1. The first-order valence-corrected chi connectivity index (χ1v) is 14.5. The first kappa shape index (κ1) is 28.6. The Morgan fingerprint density at radius 3 is 2.30 bits per heavy atom. The predicted molar refractivity (Wildman–Crippen MR) is 139 cm³/mol. The van der Waals surface area contributed by atoms with Crippen LogP contribution in [0.5, 0.6) is 0 Å². The molecule has 7 nitrogen and oxygen atoms in total. The number of hydrogen-bond acceptors (Lipinski definition) is 4. The summed E-state index contributed by atoms with van der Waals surface area (Å²) >= 11 is 0. The first-order chi connectivity index (χ1) is 17.6. The average Bonchev–Trinajstić information content (AvgIpc) is 2.86. The highest BCUT2D eigenvalue weighted by atomic mass is 32.2. The van der Waals surface area contributed by atoms with Crippen LogP contribution in [-0.2, 0) is 26.2 Å². The second-order valence-electron chi connectivity index (χ2n) is 9.55. The molecule has 1 N–H and O–H groups in total. The molecule has 37 heavy (non-hydrogen) atoms. The summed E-state index contributed by atoms with van der Waals surface area (Å²) in [4.78, 5) is 27.7. The largest absolute Gasteiger partial charge is 0.352 e. The zero-order valence-corrected chi connectivity index (χ0v) is 22.1. The molecule has 1 aliphatic carbocycles. The van der Waals surface area contributed by atoms with Crippen LogP contribution in [0.3, 0.4) is 0 Å². The summed E-state index contributed by atoms with van der Waals surface area (Å²) < 4.78 is 53.5. The summed E-state index contributed by atoms with van der Waals surface area (Å²) in [6.07, 6.45) is 6.17. The van der Waals surface area contributed by atoms with Gasteiger partial charge in [-0.2, -0.15) is 0 Å². The minimum atomic E-state index is -3.68. The van der Waals surface area contributed by atoms with E-state index in [9.17, 15) is 26.8 Å². The summed E-state index contributed by atoms with van der Waals surface area (Å²) in [5, 5.41) is 3.03. The molecule has 0 radical (unpaired) electrons. The molecule has 1 fully saturated rings. The fourth-order valence-corrected chi connectivity index (χ4v) is 5.54. The van der Waals surface area contributed by atoms with Gasteiger partial charge in [0.1, 0.15) is 17.7 Å². The lowest BCUT2D eigenvalue weighted by atomic mass is 9.95. The third-order valence-electron chi connectivity index (χ3n) is 6.68. The lowest BCUT2D eigenvalue weighted by molar-refractivity contribution is -0.141. The van der Waals surface area contributed by atoms with E-state index in [0.717, 1.165) is 42.7 Å². The third-order valence-corrected chi connectivity index (χ3v) is 7.88. The molecule has 1 atom stereocenters. The molecule has 0 bridgehead atoms. The van der Waals surface area contributed by atoms with Crippen molar-refractivity contribution in [2.24, 2.45) is 0 Å². The maximum Gasteiger partial charge on any atom is 0.242 e. The Kier molecular flexibility index (Phi) is 10.0. The predicted octanol–water partition coefficient (Wildman–Crippen LogP) is 4.38. The van der Waals surface area contributed by atoms with Crippen molar-refractivity contribution >= 4 is 27.5 Å². The van der Waals surface area contributed by atoms with Crippen molar-refractivity contribution < 1.29 is 26.8 Å². The van der Waals surface area contributed by atoms with Gasteiger partial charge in [0.2, 0.25) is 21.8 Å². The second kappa shape index (κ2) is 13.0. The summed E-state index contributed by atoms with van der Waals surface area (Å²) in [5.74, 6) is -1.64. The van der Waals surface area contributed by atoms with Gasteiger partial charge in [-0.25, -0.2) is 17.2 Å². The number of carbonyl (C=O) groups excluding carboxylic acids is 2. The molecule has 0 unspecified atom stereocenters. The molecule has 3 rings (SSSR count). The maximum atomic E-state index is 14.4. The Morgan fingerprint density at radius 1 is 1.03 bits per heavy atom. The summed E-state index contributed by atoms with van der Waals surface area (Å²) in [6, 6.07) is 10.4. The van der Waals surface area contributed by atoms with E-state index in [4.69, 9.17) is 0 Å². The minimum Gasteiger partial charge on any atom is -0.352 e. The molecule has 2 amide bonds. The van der Waals surface area contributed by atoms with Crippen molar-refractivity contribution in [1.29, 1.82) is 0 Å². The number of anilines is 1. The van der Waals surface area contributed by atoms with Gasteiger partial charge in [-0.3, -0.25) is 13.9 Å². The Hall–Kier alpha value is -3.01. The van der Waals surface area contributed by atoms with Crippen LogP contribution in [-0.4, -0.2) is 50.0 Å². The highest BCUT2D eigenvalue weighted by Crippen LogP contribution is 2.21. The monoisotopic (exact) mass is 535 g/mol. The number of rotatable bonds is 11. The summed E-state index contributed by atoms with van der Waals surface area (Å²) in [6.45, 7) is 1.53. The van der Waals surface area contributed by atoms with Crippen LogP contribution in [0.15, 0.2) is 48.5 Å². The third kappa shape index (κ3) is 8.24. The first-order valence-electron chi connectivity index (χ1n) is 12.6. The number of nitrogens with one attached hydrogen (secondary N) is 1. The van der Waals surface area contributed by atoms with Gasteiger partial charge < -0.3 is 10.2 Å². The number of carbonyl (C=O) groups is 2. The Balaban J connectivity index is 1.72. The smallest absolute Gasteiger partial charge is 0.242 e. The Morgan fingerprint density at radius 2 is 1.68 bits per heavy atom. The molecule has 0 saturated heterocycles. The van der Waals surface area contributed by atoms with Crippen molar-refractivity contribution in [3.05, 3.63) is 65.7 Å². The van der Waals surface area contributed by atoms with Crippen molar-refractivity contribution in [3.8, 4) is 0 Å². The molecule has 2 aromatic carbocycles.